The van der Waals surface area contributed by atoms with E-state index in [9.17, 15) is 4.79 Å². The van der Waals surface area contributed by atoms with Crippen LogP contribution in [-0.4, -0.2) is 50.8 Å². The summed E-state index contributed by atoms with van der Waals surface area (Å²) >= 11 is 0. The molecule has 0 aliphatic carbocycles. The summed E-state index contributed by atoms with van der Waals surface area (Å²) in [5.74, 6) is -1.92. The van der Waals surface area contributed by atoms with E-state index in [1.54, 1.807) is 0 Å². The highest BCUT2D eigenvalue weighted by Gasteiger charge is 2.55. The third kappa shape index (κ3) is 5.86. The van der Waals surface area contributed by atoms with Crippen LogP contribution in [0.5, 0.6) is 0 Å². The molecular weight excluding hydrogens is 520 g/mol. The van der Waals surface area contributed by atoms with Crippen molar-refractivity contribution in [2.45, 2.75) is 101 Å². The summed E-state index contributed by atoms with van der Waals surface area (Å²) in [6, 6.07) is 21.4. The van der Waals surface area contributed by atoms with E-state index in [-0.39, 0.29) is 23.7 Å². The summed E-state index contributed by atoms with van der Waals surface area (Å²) in [6.07, 6.45) is 8.87. The standard InChI is InChI=1S/C33H44O6Si/c1-26(34)35-25-31(5)22-23-33(38-31)21-13-20-32(39-33)19-12-14-27(37-32)24-36-40(30(2,3)4,28-15-8-6-9-16-28)29-17-10-7-11-18-29/h6-11,13,15-18,20,27H,12,14,19,21-25H2,1-5H3/t27-,31+,32-,33-/m0/s1. The summed E-state index contributed by atoms with van der Waals surface area (Å²) in [6.45, 7) is 11.0. The van der Waals surface area contributed by atoms with Crippen LogP contribution in [0.3, 0.4) is 0 Å². The molecule has 40 heavy (non-hydrogen) atoms. The van der Waals surface area contributed by atoms with Crippen molar-refractivity contribution in [3.8, 4) is 0 Å². The van der Waals surface area contributed by atoms with E-state index in [1.807, 2.05) is 6.92 Å². The molecule has 0 N–H and O–H groups in total. The summed E-state index contributed by atoms with van der Waals surface area (Å²) in [4.78, 5) is 11.4. The Balaban J connectivity index is 1.35. The second-order valence-corrected chi connectivity index (χ2v) is 17.2. The van der Waals surface area contributed by atoms with Crippen LogP contribution in [0.2, 0.25) is 5.04 Å². The molecule has 2 aromatic carbocycles. The van der Waals surface area contributed by atoms with Crippen LogP contribution in [0.4, 0.5) is 0 Å². The van der Waals surface area contributed by atoms with Gasteiger partial charge in [-0.2, -0.15) is 0 Å². The van der Waals surface area contributed by atoms with Gasteiger partial charge in [-0.25, -0.2) is 0 Å². The second kappa shape index (κ2) is 11.2. The molecule has 3 aliphatic heterocycles. The minimum absolute atomic E-state index is 0.0998. The van der Waals surface area contributed by atoms with E-state index < -0.39 is 25.5 Å². The lowest BCUT2D eigenvalue weighted by Gasteiger charge is -2.48. The highest BCUT2D eigenvalue weighted by Crippen LogP contribution is 2.48. The maximum absolute atomic E-state index is 11.4. The number of carbonyl (C=O) groups excluding carboxylic acids is 1. The van der Waals surface area contributed by atoms with Gasteiger partial charge >= 0.3 is 5.97 Å². The molecule has 2 saturated heterocycles. The summed E-state index contributed by atoms with van der Waals surface area (Å²) < 4.78 is 32.5. The van der Waals surface area contributed by atoms with Gasteiger partial charge in [0.1, 0.15) is 12.2 Å². The van der Waals surface area contributed by atoms with Crippen molar-refractivity contribution in [1.29, 1.82) is 0 Å². The van der Waals surface area contributed by atoms with Gasteiger partial charge in [-0.1, -0.05) is 87.5 Å². The highest BCUT2D eigenvalue weighted by atomic mass is 28.4. The third-order valence-electron chi connectivity index (χ3n) is 8.53. The Morgan fingerprint density at radius 3 is 2.23 bits per heavy atom. The molecular formula is C33H44O6Si. The van der Waals surface area contributed by atoms with Crippen molar-refractivity contribution in [3.63, 3.8) is 0 Å². The number of carbonyl (C=O) groups is 1. The van der Waals surface area contributed by atoms with Gasteiger partial charge in [0.15, 0.2) is 11.6 Å². The lowest BCUT2D eigenvalue weighted by atomic mass is 9.95. The SMILES string of the molecule is CC(=O)OC[C@@]1(C)CC[C@@]2(CC=C[C@]3(CCC[C@@H](CO[Si](c4ccccc4)(c4ccccc4)C(C)(C)C)O3)O2)O1. The molecule has 216 valence electrons. The molecule has 0 radical (unpaired) electrons. The summed E-state index contributed by atoms with van der Waals surface area (Å²) in [5.41, 5.74) is -0.571. The molecule has 0 amide bonds. The molecule has 0 bridgehead atoms. The van der Waals surface area contributed by atoms with Crippen LogP contribution >= 0.6 is 0 Å². The van der Waals surface area contributed by atoms with Crippen molar-refractivity contribution in [2.24, 2.45) is 0 Å². The van der Waals surface area contributed by atoms with E-state index in [2.05, 4.69) is 93.6 Å². The number of hydrogen-bond donors (Lipinski definition) is 0. The van der Waals surface area contributed by atoms with Gasteiger partial charge in [-0.15, -0.1) is 0 Å². The maximum Gasteiger partial charge on any atom is 0.302 e. The Bertz CT molecular complexity index is 1150. The number of ether oxygens (including phenoxy) is 4. The van der Waals surface area contributed by atoms with Gasteiger partial charge in [-0.05, 0) is 47.7 Å². The second-order valence-electron chi connectivity index (χ2n) is 12.9. The average molecular weight is 565 g/mol. The molecule has 2 fully saturated rings. The normalized spacial score (nSPS) is 30.6. The first-order valence-electron chi connectivity index (χ1n) is 14.6. The number of benzene rings is 2. The van der Waals surface area contributed by atoms with Crippen LogP contribution in [-0.2, 0) is 28.2 Å². The predicted molar refractivity (Wildman–Crippen MR) is 158 cm³/mol. The van der Waals surface area contributed by atoms with E-state index in [0.29, 0.717) is 13.0 Å². The molecule has 7 heteroatoms. The molecule has 3 aliphatic rings. The molecule has 5 rings (SSSR count). The van der Waals surface area contributed by atoms with Gasteiger partial charge in [0.2, 0.25) is 0 Å². The Hall–Kier alpha value is -2.29. The van der Waals surface area contributed by atoms with Crippen molar-refractivity contribution < 1.29 is 28.2 Å². The Morgan fingerprint density at radius 1 is 0.975 bits per heavy atom. The number of hydrogen-bond acceptors (Lipinski definition) is 6. The quantitative estimate of drug-likeness (QED) is 0.247. The summed E-state index contributed by atoms with van der Waals surface area (Å²) in [7, 11) is -2.67. The largest absolute Gasteiger partial charge is 0.463 e. The monoisotopic (exact) mass is 564 g/mol. The minimum atomic E-state index is -2.67. The third-order valence-corrected chi connectivity index (χ3v) is 13.5. The van der Waals surface area contributed by atoms with E-state index in [0.717, 1.165) is 32.1 Å². The summed E-state index contributed by atoms with van der Waals surface area (Å²) in [5, 5.41) is 2.43. The molecule has 2 spiro atoms. The molecule has 4 atom stereocenters. The fourth-order valence-corrected chi connectivity index (χ4v) is 11.2. The van der Waals surface area contributed by atoms with Crippen LogP contribution in [0.1, 0.15) is 73.1 Å². The predicted octanol–water partition coefficient (Wildman–Crippen LogP) is 5.63. The first kappa shape index (κ1) is 29.2. The van der Waals surface area contributed by atoms with Crippen molar-refractivity contribution in [3.05, 3.63) is 72.8 Å². The first-order valence-corrected chi connectivity index (χ1v) is 16.5. The lowest BCUT2D eigenvalue weighted by molar-refractivity contribution is -0.369. The molecule has 0 aromatic heterocycles. The molecule has 3 heterocycles. The van der Waals surface area contributed by atoms with Gasteiger partial charge < -0.3 is 23.4 Å². The smallest absolute Gasteiger partial charge is 0.302 e. The number of rotatable bonds is 7. The van der Waals surface area contributed by atoms with Crippen LogP contribution in [0.25, 0.3) is 0 Å². The Labute approximate surface area is 240 Å². The van der Waals surface area contributed by atoms with Crippen molar-refractivity contribution in [1.82, 2.24) is 0 Å². The van der Waals surface area contributed by atoms with Gasteiger partial charge in [0.05, 0.1) is 12.7 Å². The zero-order valence-electron chi connectivity index (χ0n) is 24.6. The topological polar surface area (TPSA) is 63.2 Å². The molecule has 0 unspecified atom stereocenters. The Kier molecular flexibility index (Phi) is 8.16. The zero-order valence-corrected chi connectivity index (χ0v) is 25.6. The van der Waals surface area contributed by atoms with E-state index in [4.69, 9.17) is 23.4 Å². The molecule has 2 aromatic rings. The van der Waals surface area contributed by atoms with Gasteiger partial charge in [0, 0.05) is 26.2 Å². The fraction of sp³-hybridized carbons (Fsp3) is 0.545. The highest BCUT2D eigenvalue weighted by molar-refractivity contribution is 6.99. The van der Waals surface area contributed by atoms with Gasteiger partial charge in [-0.3, -0.25) is 4.79 Å². The van der Waals surface area contributed by atoms with Gasteiger partial charge in [0.25, 0.3) is 8.32 Å². The van der Waals surface area contributed by atoms with E-state index in [1.165, 1.54) is 17.3 Å². The van der Waals surface area contributed by atoms with Crippen LogP contribution in [0, 0.1) is 0 Å². The van der Waals surface area contributed by atoms with Crippen molar-refractivity contribution in [2.75, 3.05) is 13.2 Å². The molecule has 6 nitrogen and oxygen atoms in total. The maximum atomic E-state index is 11.4. The first-order chi connectivity index (χ1) is 19.0. The van der Waals surface area contributed by atoms with Crippen LogP contribution < -0.4 is 10.4 Å². The average Bonchev–Trinajstić information content (AvgIpc) is 3.23. The Morgan fingerprint density at radius 2 is 1.62 bits per heavy atom. The van der Waals surface area contributed by atoms with E-state index >= 15 is 0 Å². The minimum Gasteiger partial charge on any atom is -0.463 e. The fourth-order valence-electron chi connectivity index (χ4n) is 6.66. The zero-order chi connectivity index (χ0) is 28.5. The lowest BCUT2D eigenvalue weighted by Crippen LogP contribution is -2.67. The van der Waals surface area contributed by atoms with Crippen molar-refractivity contribution >= 4 is 24.7 Å². The van der Waals surface area contributed by atoms with Crippen LogP contribution in [0.15, 0.2) is 72.8 Å². The molecule has 0 saturated carbocycles. The number of esters is 1.